The number of nitrogens with one attached hydrogen (secondary N) is 2. The van der Waals surface area contributed by atoms with Crippen LogP contribution in [-0.2, 0) is 16.0 Å². The summed E-state index contributed by atoms with van der Waals surface area (Å²) in [5.74, 6) is 0.117. The molecule has 2 heterocycles. The van der Waals surface area contributed by atoms with Crippen LogP contribution in [0.4, 0.5) is 0 Å². The molecule has 1 aliphatic rings. The van der Waals surface area contributed by atoms with Gasteiger partial charge in [-0.3, -0.25) is 14.6 Å². The zero-order chi connectivity index (χ0) is 16.5. The number of hydrogen-bond acceptors (Lipinski definition) is 6. The van der Waals surface area contributed by atoms with Crippen LogP contribution in [0.2, 0.25) is 0 Å². The average molecular weight is 316 g/mol. The minimum Gasteiger partial charge on any atom is -0.483 e. The van der Waals surface area contributed by atoms with E-state index in [-0.39, 0.29) is 37.0 Å². The normalized spacial score (nSPS) is 20.9. The first-order valence-electron chi connectivity index (χ1n) is 6.80. The van der Waals surface area contributed by atoms with Crippen LogP contribution in [0.25, 0.3) is 0 Å². The van der Waals surface area contributed by atoms with E-state index < -0.39 is 6.10 Å². The number of hydrogen-bond donors (Lipinski definition) is 5. The van der Waals surface area contributed by atoms with Crippen LogP contribution >= 0.6 is 0 Å². The summed E-state index contributed by atoms with van der Waals surface area (Å²) in [4.78, 5) is 35.3. The van der Waals surface area contributed by atoms with Gasteiger partial charge in [-0.05, 0) is 6.42 Å². The van der Waals surface area contributed by atoms with Crippen molar-refractivity contribution in [3.63, 3.8) is 0 Å². The number of rotatable bonds is 4. The maximum Gasteiger partial charge on any atom is 0.340 e. The summed E-state index contributed by atoms with van der Waals surface area (Å²) in [6.45, 7) is 0.485. The predicted molar refractivity (Wildman–Crippen MR) is 74.0 cm³/mol. The van der Waals surface area contributed by atoms with Gasteiger partial charge in [0.05, 0.1) is 12.7 Å². The molecule has 22 heavy (non-hydrogen) atoms. The second-order valence-electron chi connectivity index (χ2n) is 4.87. The van der Waals surface area contributed by atoms with E-state index in [1.54, 1.807) is 4.90 Å². The monoisotopic (exact) mass is 316 g/mol. The van der Waals surface area contributed by atoms with Gasteiger partial charge in [-0.15, -0.1) is 0 Å². The number of likely N-dealkylation sites (tertiary alicyclic amines) is 1. The van der Waals surface area contributed by atoms with Gasteiger partial charge in [-0.2, -0.15) is 5.10 Å². The molecule has 1 amide bonds. The molecule has 0 saturated carbocycles. The largest absolute Gasteiger partial charge is 0.483 e. The lowest BCUT2D eigenvalue weighted by molar-refractivity contribution is -0.135. The fraction of sp³-hybridized carbons (Fsp3) is 0.667. The smallest absolute Gasteiger partial charge is 0.340 e. The number of carbonyl (C=O) groups is 2. The van der Waals surface area contributed by atoms with E-state index in [2.05, 4.69) is 15.2 Å². The highest BCUT2D eigenvalue weighted by Gasteiger charge is 2.29. The van der Waals surface area contributed by atoms with Gasteiger partial charge in [0.25, 0.3) is 6.47 Å². The summed E-state index contributed by atoms with van der Waals surface area (Å²) < 4.78 is 0. The highest BCUT2D eigenvalue weighted by molar-refractivity contribution is 5.76. The zero-order valence-electron chi connectivity index (χ0n) is 11.9. The van der Waals surface area contributed by atoms with E-state index in [0.717, 1.165) is 0 Å². The first-order chi connectivity index (χ1) is 10.5. The van der Waals surface area contributed by atoms with Gasteiger partial charge in [0.2, 0.25) is 5.91 Å². The Bertz CT molecular complexity index is 528. The molecule has 10 nitrogen and oxygen atoms in total. The molecule has 1 saturated heterocycles. The van der Waals surface area contributed by atoms with Gasteiger partial charge in [0.1, 0.15) is 5.82 Å². The molecule has 0 aromatic carbocycles. The van der Waals surface area contributed by atoms with Crippen molar-refractivity contribution in [1.29, 1.82) is 0 Å². The number of aliphatic hydroxyl groups excluding tert-OH is 2. The van der Waals surface area contributed by atoms with E-state index in [0.29, 0.717) is 31.8 Å². The minimum atomic E-state index is -0.545. The van der Waals surface area contributed by atoms with E-state index in [1.165, 1.54) is 0 Å². The molecule has 0 unspecified atom stereocenters. The standard InChI is InChI=1S/C11H18N4O4.CH2O2/c16-6-7-5-15(4-3-8(7)17)10(18)2-1-9-12-11(19)14-13-9;2-1-3/h7-8,16-17H,1-6H2,(H2,12,13,14,19);1H,(H,2,3)/t7-,8-;/m0./s1. The van der Waals surface area contributed by atoms with Crippen molar-refractivity contribution in [2.24, 2.45) is 5.92 Å². The first kappa shape index (κ1) is 17.9. The number of nitrogens with zero attached hydrogens (tertiary/aromatic N) is 2. The highest BCUT2D eigenvalue weighted by atomic mass is 16.3. The average Bonchev–Trinajstić information content (AvgIpc) is 2.92. The molecule has 0 bridgehead atoms. The Hall–Kier alpha value is -2.20. The SMILES string of the molecule is O=C(CCc1n[nH]c(=O)[nH]1)N1CC[C@H](O)[C@H](CO)C1.O=CO. The zero-order valence-corrected chi connectivity index (χ0v) is 11.9. The van der Waals surface area contributed by atoms with Gasteiger partial charge in [0, 0.05) is 31.8 Å². The van der Waals surface area contributed by atoms with Crippen molar-refractivity contribution >= 4 is 12.4 Å². The molecule has 0 aliphatic carbocycles. The number of aryl methyl sites for hydroxylation is 1. The van der Waals surface area contributed by atoms with E-state index in [1.807, 2.05) is 0 Å². The van der Waals surface area contributed by atoms with Gasteiger partial charge >= 0.3 is 5.69 Å². The Morgan fingerprint density at radius 1 is 1.50 bits per heavy atom. The van der Waals surface area contributed by atoms with Crippen LogP contribution in [0.3, 0.4) is 0 Å². The molecule has 1 aromatic rings. The molecule has 0 radical (unpaired) electrons. The number of aliphatic hydroxyl groups is 2. The van der Waals surface area contributed by atoms with Crippen LogP contribution in [0.1, 0.15) is 18.7 Å². The van der Waals surface area contributed by atoms with Crippen molar-refractivity contribution in [3.8, 4) is 0 Å². The van der Waals surface area contributed by atoms with E-state index in [4.69, 9.17) is 15.0 Å². The van der Waals surface area contributed by atoms with Crippen LogP contribution in [0, 0.1) is 5.92 Å². The fourth-order valence-electron chi connectivity index (χ4n) is 2.23. The van der Waals surface area contributed by atoms with Gasteiger partial charge < -0.3 is 20.2 Å². The number of carboxylic acid groups (broad SMARTS) is 1. The lowest BCUT2D eigenvalue weighted by Gasteiger charge is -2.35. The summed E-state index contributed by atoms with van der Waals surface area (Å²) >= 11 is 0. The summed E-state index contributed by atoms with van der Waals surface area (Å²) in [5, 5.41) is 31.6. The Morgan fingerprint density at radius 3 is 2.73 bits per heavy atom. The van der Waals surface area contributed by atoms with E-state index in [9.17, 15) is 14.7 Å². The van der Waals surface area contributed by atoms with Crippen LogP contribution < -0.4 is 5.69 Å². The van der Waals surface area contributed by atoms with Crippen LogP contribution in [-0.4, -0.2) is 73.6 Å². The third kappa shape index (κ3) is 5.30. The van der Waals surface area contributed by atoms with Gasteiger partial charge in [0.15, 0.2) is 0 Å². The molecule has 10 heteroatoms. The first-order valence-corrected chi connectivity index (χ1v) is 6.80. The summed E-state index contributed by atoms with van der Waals surface area (Å²) in [6, 6.07) is 0. The van der Waals surface area contributed by atoms with Gasteiger partial charge in [-0.25, -0.2) is 9.89 Å². The molecule has 5 N–H and O–H groups in total. The number of H-pyrrole nitrogens is 2. The molecule has 1 aliphatic heterocycles. The predicted octanol–water partition coefficient (Wildman–Crippen LogP) is -2.07. The van der Waals surface area contributed by atoms with Crippen LogP contribution in [0.15, 0.2) is 4.79 Å². The molecule has 2 atom stereocenters. The molecule has 1 fully saturated rings. The molecule has 2 rings (SSSR count). The number of aromatic amines is 2. The minimum absolute atomic E-state index is 0.0609. The maximum atomic E-state index is 12.0. The fourth-order valence-corrected chi connectivity index (χ4v) is 2.23. The Morgan fingerprint density at radius 2 is 2.18 bits per heavy atom. The van der Waals surface area contributed by atoms with Crippen molar-refractivity contribution in [2.45, 2.75) is 25.4 Å². The topological polar surface area (TPSA) is 160 Å². The second-order valence-corrected chi connectivity index (χ2v) is 4.87. The molecule has 0 spiro atoms. The van der Waals surface area contributed by atoms with Crippen molar-refractivity contribution < 1.29 is 24.9 Å². The lowest BCUT2D eigenvalue weighted by Crippen LogP contribution is -2.47. The number of aromatic nitrogens is 3. The number of amides is 1. The quantitative estimate of drug-likeness (QED) is 0.399. The molecular weight excluding hydrogens is 296 g/mol. The second kappa shape index (κ2) is 8.95. The Balaban J connectivity index is 0.000000745. The summed E-state index contributed by atoms with van der Waals surface area (Å²) in [7, 11) is 0. The number of piperidine rings is 1. The van der Waals surface area contributed by atoms with E-state index >= 15 is 0 Å². The summed E-state index contributed by atoms with van der Waals surface area (Å²) in [6.07, 6.45) is 0.544. The Kier molecular flexibility index (Phi) is 7.26. The maximum absolute atomic E-state index is 12.0. The summed E-state index contributed by atoms with van der Waals surface area (Å²) in [5.41, 5.74) is -0.385. The van der Waals surface area contributed by atoms with Crippen molar-refractivity contribution in [2.75, 3.05) is 19.7 Å². The highest BCUT2D eigenvalue weighted by Crippen LogP contribution is 2.17. The Labute approximate surface area is 125 Å². The molecular formula is C12H20N4O6. The third-order valence-corrected chi connectivity index (χ3v) is 3.41. The van der Waals surface area contributed by atoms with Crippen molar-refractivity contribution in [3.05, 3.63) is 16.3 Å². The lowest BCUT2D eigenvalue weighted by atomic mass is 9.95. The van der Waals surface area contributed by atoms with Crippen molar-refractivity contribution in [1.82, 2.24) is 20.1 Å². The molecule has 124 valence electrons. The molecule has 1 aromatic heterocycles. The van der Waals surface area contributed by atoms with Crippen LogP contribution in [0.5, 0.6) is 0 Å². The van der Waals surface area contributed by atoms with Gasteiger partial charge in [-0.1, -0.05) is 0 Å². The number of carbonyl (C=O) groups excluding carboxylic acids is 1. The third-order valence-electron chi connectivity index (χ3n) is 3.41.